The smallest absolute Gasteiger partial charge is 0.178 e. The van der Waals surface area contributed by atoms with E-state index in [1.165, 1.54) is 0 Å². The molecular formula is C14H14O3. The van der Waals surface area contributed by atoms with Gasteiger partial charge in [0.05, 0.1) is 0 Å². The number of hydrogen-bond acceptors (Lipinski definition) is 3. The molecule has 17 heavy (non-hydrogen) atoms. The van der Waals surface area contributed by atoms with Gasteiger partial charge in [-0.25, -0.2) is 0 Å². The molecule has 2 rings (SSSR count). The molecule has 0 amide bonds. The minimum Gasteiger partial charge on any atom is -0.384 e. The number of aliphatic hydroxyl groups excluding tert-OH is 2. The molecule has 1 atom stereocenters. The molecule has 0 aliphatic heterocycles. The lowest BCUT2D eigenvalue weighted by molar-refractivity contribution is -0.0441. The van der Waals surface area contributed by atoms with Gasteiger partial charge in [0.15, 0.2) is 6.29 Å². The highest BCUT2D eigenvalue weighted by molar-refractivity contribution is 5.36. The van der Waals surface area contributed by atoms with E-state index in [0.29, 0.717) is 11.1 Å². The van der Waals surface area contributed by atoms with Crippen molar-refractivity contribution in [2.75, 3.05) is 0 Å². The summed E-state index contributed by atoms with van der Waals surface area (Å²) in [4.78, 5) is 0. The van der Waals surface area contributed by atoms with E-state index in [1.54, 1.807) is 36.4 Å². The van der Waals surface area contributed by atoms with Crippen LogP contribution in [0.25, 0.3) is 0 Å². The summed E-state index contributed by atoms with van der Waals surface area (Å²) in [5.41, 5.74) is 1.55. The Morgan fingerprint density at radius 1 is 0.647 bits per heavy atom. The van der Waals surface area contributed by atoms with E-state index in [-0.39, 0.29) is 0 Å². The highest BCUT2D eigenvalue weighted by atomic mass is 16.5. The normalized spacial score (nSPS) is 12.7. The van der Waals surface area contributed by atoms with Gasteiger partial charge in [-0.2, -0.15) is 0 Å². The maximum Gasteiger partial charge on any atom is 0.178 e. The standard InChI is InChI=1S/C14H14O3/c15-13(10-6-2-1-3-7-10)11-8-4-5-9-12(11)14(16)17/h1-9,13-17H. The van der Waals surface area contributed by atoms with Crippen LogP contribution < -0.4 is 0 Å². The van der Waals surface area contributed by atoms with E-state index >= 15 is 0 Å². The van der Waals surface area contributed by atoms with Crippen LogP contribution in [-0.4, -0.2) is 15.3 Å². The first kappa shape index (κ1) is 11.8. The predicted molar refractivity (Wildman–Crippen MR) is 64.1 cm³/mol. The number of hydrogen-bond donors (Lipinski definition) is 3. The lowest BCUT2D eigenvalue weighted by Gasteiger charge is -2.16. The van der Waals surface area contributed by atoms with E-state index in [2.05, 4.69) is 0 Å². The fourth-order valence-corrected chi connectivity index (χ4v) is 1.81. The second-order valence-corrected chi connectivity index (χ2v) is 3.82. The van der Waals surface area contributed by atoms with Crippen molar-refractivity contribution in [3.63, 3.8) is 0 Å². The van der Waals surface area contributed by atoms with Crippen molar-refractivity contribution in [1.29, 1.82) is 0 Å². The Bertz CT molecular complexity index is 480. The topological polar surface area (TPSA) is 60.7 Å². The van der Waals surface area contributed by atoms with Crippen molar-refractivity contribution < 1.29 is 15.3 Å². The molecule has 0 saturated heterocycles. The third-order valence-corrected chi connectivity index (χ3v) is 2.68. The lowest BCUT2D eigenvalue weighted by Crippen LogP contribution is -2.06. The van der Waals surface area contributed by atoms with Crippen molar-refractivity contribution in [3.8, 4) is 0 Å². The minimum atomic E-state index is -1.58. The average Bonchev–Trinajstić information content (AvgIpc) is 2.39. The van der Waals surface area contributed by atoms with Gasteiger partial charge in [-0.1, -0.05) is 54.6 Å². The first-order valence-corrected chi connectivity index (χ1v) is 5.38. The first-order valence-electron chi connectivity index (χ1n) is 5.38. The number of rotatable bonds is 3. The van der Waals surface area contributed by atoms with Crippen molar-refractivity contribution in [1.82, 2.24) is 0 Å². The van der Waals surface area contributed by atoms with Crippen LogP contribution >= 0.6 is 0 Å². The Labute approximate surface area is 99.6 Å². The third kappa shape index (κ3) is 2.53. The van der Waals surface area contributed by atoms with Gasteiger partial charge in [-0.15, -0.1) is 0 Å². The molecule has 0 fully saturated rings. The fraction of sp³-hybridized carbons (Fsp3) is 0.143. The Morgan fingerprint density at radius 2 is 1.18 bits per heavy atom. The summed E-state index contributed by atoms with van der Waals surface area (Å²) in [7, 11) is 0. The van der Waals surface area contributed by atoms with Gasteiger partial charge in [0, 0.05) is 5.56 Å². The van der Waals surface area contributed by atoms with Gasteiger partial charge >= 0.3 is 0 Å². The van der Waals surface area contributed by atoms with Gasteiger partial charge in [0.2, 0.25) is 0 Å². The second-order valence-electron chi connectivity index (χ2n) is 3.82. The van der Waals surface area contributed by atoms with Crippen LogP contribution in [0.4, 0.5) is 0 Å². The Kier molecular flexibility index (Phi) is 3.54. The van der Waals surface area contributed by atoms with Crippen LogP contribution in [0.5, 0.6) is 0 Å². The molecule has 1 unspecified atom stereocenters. The van der Waals surface area contributed by atoms with Crippen molar-refractivity contribution in [2.45, 2.75) is 12.4 Å². The lowest BCUT2D eigenvalue weighted by atomic mass is 9.96. The summed E-state index contributed by atoms with van der Waals surface area (Å²) < 4.78 is 0. The van der Waals surface area contributed by atoms with Gasteiger partial charge in [-0.05, 0) is 11.1 Å². The zero-order valence-electron chi connectivity index (χ0n) is 9.19. The number of aliphatic hydroxyl groups is 3. The maximum absolute atomic E-state index is 10.2. The Morgan fingerprint density at radius 3 is 1.76 bits per heavy atom. The summed E-state index contributed by atoms with van der Waals surface area (Å²) >= 11 is 0. The maximum atomic E-state index is 10.2. The SMILES string of the molecule is OC(O)c1ccccc1C(O)c1ccccc1. The molecule has 3 N–H and O–H groups in total. The average molecular weight is 230 g/mol. The largest absolute Gasteiger partial charge is 0.384 e. The molecule has 0 aliphatic carbocycles. The van der Waals surface area contributed by atoms with Crippen LogP contribution in [0.1, 0.15) is 29.1 Å². The zero-order chi connectivity index (χ0) is 12.3. The molecule has 2 aromatic rings. The minimum absolute atomic E-state index is 0.323. The number of benzene rings is 2. The zero-order valence-corrected chi connectivity index (χ0v) is 9.19. The fourth-order valence-electron chi connectivity index (χ4n) is 1.81. The summed E-state index contributed by atoms with van der Waals surface area (Å²) in [6.07, 6.45) is -2.43. The quantitative estimate of drug-likeness (QED) is 0.704. The molecule has 0 bridgehead atoms. The van der Waals surface area contributed by atoms with Crippen LogP contribution in [0.15, 0.2) is 54.6 Å². The molecule has 3 heteroatoms. The van der Waals surface area contributed by atoms with E-state index in [1.807, 2.05) is 18.2 Å². The Hall–Kier alpha value is -1.68. The van der Waals surface area contributed by atoms with Crippen LogP contribution in [0.3, 0.4) is 0 Å². The Balaban J connectivity index is 2.41. The van der Waals surface area contributed by atoms with Crippen molar-refractivity contribution >= 4 is 0 Å². The molecule has 0 radical (unpaired) electrons. The highest BCUT2D eigenvalue weighted by Gasteiger charge is 2.16. The van der Waals surface area contributed by atoms with Gasteiger partial charge in [0.1, 0.15) is 6.10 Å². The molecule has 2 aromatic carbocycles. The molecule has 0 saturated carbocycles. The van der Waals surface area contributed by atoms with Crippen LogP contribution in [0, 0.1) is 0 Å². The van der Waals surface area contributed by atoms with Crippen molar-refractivity contribution in [3.05, 3.63) is 71.3 Å². The van der Waals surface area contributed by atoms with E-state index in [9.17, 15) is 15.3 Å². The summed E-state index contributed by atoms with van der Waals surface area (Å²) in [5.74, 6) is 0. The van der Waals surface area contributed by atoms with Gasteiger partial charge in [-0.3, -0.25) is 0 Å². The summed E-state index contributed by atoms with van der Waals surface area (Å²) in [5, 5.41) is 28.7. The monoisotopic (exact) mass is 230 g/mol. The molecule has 0 aromatic heterocycles. The van der Waals surface area contributed by atoms with Crippen LogP contribution in [-0.2, 0) is 0 Å². The molecule has 3 nitrogen and oxygen atoms in total. The molecule has 88 valence electrons. The predicted octanol–water partition coefficient (Wildman–Crippen LogP) is 1.75. The van der Waals surface area contributed by atoms with E-state index in [4.69, 9.17) is 0 Å². The third-order valence-electron chi connectivity index (χ3n) is 2.68. The second kappa shape index (κ2) is 5.10. The van der Waals surface area contributed by atoms with Crippen LogP contribution in [0.2, 0.25) is 0 Å². The van der Waals surface area contributed by atoms with Crippen molar-refractivity contribution in [2.24, 2.45) is 0 Å². The molecule has 0 spiro atoms. The summed E-state index contributed by atoms with van der Waals surface area (Å²) in [6.45, 7) is 0. The van der Waals surface area contributed by atoms with E-state index in [0.717, 1.165) is 5.56 Å². The van der Waals surface area contributed by atoms with Gasteiger partial charge in [0.25, 0.3) is 0 Å². The molecule has 0 aliphatic rings. The van der Waals surface area contributed by atoms with Gasteiger partial charge < -0.3 is 15.3 Å². The molecule has 0 heterocycles. The summed E-state index contributed by atoms with van der Waals surface area (Å²) in [6, 6.07) is 15.9. The first-order chi connectivity index (χ1) is 8.20. The highest BCUT2D eigenvalue weighted by Crippen LogP contribution is 2.27. The van der Waals surface area contributed by atoms with E-state index < -0.39 is 12.4 Å². The molecular weight excluding hydrogens is 216 g/mol.